The number of nitrogens with zero attached hydrogens (tertiary/aromatic N) is 1. The number of hydrogen-bond donors (Lipinski definition) is 1. The summed E-state index contributed by atoms with van der Waals surface area (Å²) in [5.74, 6) is 0.567. The van der Waals surface area contributed by atoms with Crippen LogP contribution in [0.1, 0.15) is 38.1 Å². The van der Waals surface area contributed by atoms with Gasteiger partial charge in [-0.05, 0) is 47.2 Å². The fourth-order valence-corrected chi connectivity index (χ4v) is 4.75. The van der Waals surface area contributed by atoms with Gasteiger partial charge in [0.2, 0.25) is 0 Å². The number of rotatable bonds is 3. The highest BCUT2D eigenvalue weighted by molar-refractivity contribution is 7.19. The molecule has 0 fully saturated rings. The van der Waals surface area contributed by atoms with Crippen molar-refractivity contribution in [3.63, 3.8) is 0 Å². The molecule has 3 nitrogen and oxygen atoms in total. The lowest BCUT2D eigenvalue weighted by Gasteiger charge is -2.19. The van der Waals surface area contributed by atoms with Gasteiger partial charge in [-0.15, -0.1) is 11.3 Å². The zero-order valence-corrected chi connectivity index (χ0v) is 18.5. The average molecular weight is 423 g/mol. The highest BCUT2D eigenvalue weighted by Crippen LogP contribution is 2.38. The van der Waals surface area contributed by atoms with Gasteiger partial charge in [0.1, 0.15) is 10.7 Å². The maximum Gasteiger partial charge on any atom is 0.260 e. The van der Waals surface area contributed by atoms with Crippen molar-refractivity contribution in [2.75, 3.05) is 0 Å². The monoisotopic (exact) mass is 422 g/mol. The van der Waals surface area contributed by atoms with Crippen LogP contribution in [0.3, 0.4) is 0 Å². The Kier molecular flexibility index (Phi) is 5.09. The van der Waals surface area contributed by atoms with Gasteiger partial charge >= 0.3 is 0 Å². The lowest BCUT2D eigenvalue weighted by Crippen LogP contribution is -2.11. The van der Waals surface area contributed by atoms with Crippen LogP contribution in [0.25, 0.3) is 32.7 Å². The Morgan fingerprint density at radius 1 is 1.00 bits per heavy atom. The van der Waals surface area contributed by atoms with Gasteiger partial charge in [0.25, 0.3) is 5.56 Å². The molecule has 0 aliphatic carbocycles. The normalized spacial score (nSPS) is 11.9. The van der Waals surface area contributed by atoms with E-state index in [9.17, 15) is 4.79 Å². The Morgan fingerprint density at radius 3 is 2.21 bits per heavy atom. The van der Waals surface area contributed by atoms with Crippen LogP contribution in [-0.4, -0.2) is 9.97 Å². The van der Waals surface area contributed by atoms with Gasteiger partial charge in [-0.3, -0.25) is 4.79 Å². The number of hydrogen-bond acceptors (Lipinski definition) is 3. The standard InChI is InChI=1S/C24H23ClN2OS/c1-5-18-19(14-6-10-16(11-7-14)24(2,3)4)20-22(28)26-21(27-23(20)29-18)15-8-12-17(25)13-9-15/h6-13H,5H2,1-4H3,(H,26,27,28). The molecule has 2 aromatic heterocycles. The predicted molar refractivity (Wildman–Crippen MR) is 124 cm³/mol. The van der Waals surface area contributed by atoms with Gasteiger partial charge in [-0.2, -0.15) is 0 Å². The maximum absolute atomic E-state index is 13.1. The number of H-pyrrole nitrogens is 1. The van der Waals surface area contributed by atoms with Gasteiger partial charge in [0.15, 0.2) is 0 Å². The molecule has 0 aliphatic rings. The summed E-state index contributed by atoms with van der Waals surface area (Å²) in [7, 11) is 0. The molecule has 4 aromatic rings. The Bertz CT molecular complexity index is 1230. The van der Waals surface area contributed by atoms with Crippen molar-refractivity contribution in [2.24, 2.45) is 0 Å². The van der Waals surface area contributed by atoms with Crippen molar-refractivity contribution in [3.05, 3.63) is 74.3 Å². The largest absolute Gasteiger partial charge is 0.306 e. The van der Waals surface area contributed by atoms with Crippen LogP contribution in [0.5, 0.6) is 0 Å². The average Bonchev–Trinajstić information content (AvgIpc) is 3.07. The second-order valence-corrected chi connectivity index (χ2v) is 9.70. The molecule has 2 aromatic carbocycles. The molecule has 0 radical (unpaired) electrons. The van der Waals surface area contributed by atoms with Crippen molar-refractivity contribution in [1.82, 2.24) is 9.97 Å². The fourth-order valence-electron chi connectivity index (χ4n) is 3.49. The second kappa shape index (κ2) is 7.43. The molecule has 0 saturated heterocycles. The van der Waals surface area contributed by atoms with E-state index in [1.807, 2.05) is 12.1 Å². The number of thiophene rings is 1. The first-order chi connectivity index (χ1) is 13.8. The summed E-state index contributed by atoms with van der Waals surface area (Å²) in [6.45, 7) is 8.72. The van der Waals surface area contributed by atoms with Crippen molar-refractivity contribution in [2.45, 2.75) is 39.5 Å². The summed E-state index contributed by atoms with van der Waals surface area (Å²) < 4.78 is 0. The van der Waals surface area contributed by atoms with E-state index in [1.165, 1.54) is 10.4 Å². The molecule has 1 N–H and O–H groups in total. The van der Waals surface area contributed by atoms with E-state index in [-0.39, 0.29) is 11.0 Å². The Morgan fingerprint density at radius 2 is 1.62 bits per heavy atom. The smallest absolute Gasteiger partial charge is 0.260 e. The Hall–Kier alpha value is -2.43. The molecule has 148 valence electrons. The summed E-state index contributed by atoms with van der Waals surface area (Å²) in [4.78, 5) is 22.8. The van der Waals surface area contributed by atoms with E-state index < -0.39 is 0 Å². The van der Waals surface area contributed by atoms with Crippen molar-refractivity contribution in [3.8, 4) is 22.5 Å². The summed E-state index contributed by atoms with van der Waals surface area (Å²) in [5.41, 5.74) is 4.17. The maximum atomic E-state index is 13.1. The highest BCUT2D eigenvalue weighted by atomic mass is 35.5. The van der Waals surface area contributed by atoms with Crippen molar-refractivity contribution >= 4 is 33.2 Å². The van der Waals surface area contributed by atoms with E-state index in [0.717, 1.165) is 27.9 Å². The quantitative estimate of drug-likeness (QED) is 0.393. The second-order valence-electron chi connectivity index (χ2n) is 8.18. The van der Waals surface area contributed by atoms with Crippen LogP contribution >= 0.6 is 22.9 Å². The number of aromatic amines is 1. The van der Waals surface area contributed by atoms with E-state index in [1.54, 1.807) is 23.5 Å². The zero-order valence-electron chi connectivity index (χ0n) is 17.0. The Balaban J connectivity index is 1.89. The summed E-state index contributed by atoms with van der Waals surface area (Å²) in [6.07, 6.45) is 0.854. The summed E-state index contributed by atoms with van der Waals surface area (Å²) >= 11 is 7.58. The van der Waals surface area contributed by atoms with E-state index in [0.29, 0.717) is 16.2 Å². The van der Waals surface area contributed by atoms with Crippen LogP contribution < -0.4 is 5.56 Å². The predicted octanol–water partition coefficient (Wildman–Crippen LogP) is 6.83. The minimum atomic E-state index is -0.106. The van der Waals surface area contributed by atoms with Crippen LogP contribution in [0.2, 0.25) is 5.02 Å². The first kappa shape index (κ1) is 19.9. The minimum absolute atomic E-state index is 0.0926. The van der Waals surface area contributed by atoms with Crippen LogP contribution in [0.15, 0.2) is 53.3 Å². The van der Waals surface area contributed by atoms with E-state index in [2.05, 4.69) is 56.9 Å². The molecular weight excluding hydrogens is 400 g/mol. The molecule has 0 amide bonds. The third-order valence-electron chi connectivity index (χ3n) is 5.11. The van der Waals surface area contributed by atoms with Gasteiger partial charge in [0.05, 0.1) is 5.39 Å². The third kappa shape index (κ3) is 3.75. The molecule has 29 heavy (non-hydrogen) atoms. The molecule has 0 saturated carbocycles. The molecule has 5 heteroatoms. The number of aryl methyl sites for hydroxylation is 1. The van der Waals surface area contributed by atoms with Crippen molar-refractivity contribution in [1.29, 1.82) is 0 Å². The summed E-state index contributed by atoms with van der Waals surface area (Å²) in [6, 6.07) is 15.9. The van der Waals surface area contributed by atoms with E-state index in [4.69, 9.17) is 16.6 Å². The number of fused-ring (bicyclic) bond motifs is 1. The molecule has 0 unspecified atom stereocenters. The lowest BCUT2D eigenvalue weighted by atomic mass is 9.86. The van der Waals surface area contributed by atoms with Gasteiger partial charge < -0.3 is 4.98 Å². The topological polar surface area (TPSA) is 45.8 Å². The SMILES string of the molecule is CCc1sc2nc(-c3ccc(Cl)cc3)[nH]c(=O)c2c1-c1ccc(C(C)(C)C)cc1. The molecule has 2 heterocycles. The molecular formula is C24H23ClN2OS. The van der Waals surface area contributed by atoms with Gasteiger partial charge in [-0.25, -0.2) is 4.98 Å². The van der Waals surface area contributed by atoms with E-state index >= 15 is 0 Å². The van der Waals surface area contributed by atoms with Crippen molar-refractivity contribution < 1.29 is 0 Å². The molecule has 0 atom stereocenters. The zero-order chi connectivity index (χ0) is 20.8. The van der Waals surface area contributed by atoms with Crippen LogP contribution in [0, 0.1) is 0 Å². The first-order valence-corrected chi connectivity index (χ1v) is 10.9. The number of aromatic nitrogens is 2. The minimum Gasteiger partial charge on any atom is -0.306 e. The molecule has 0 bridgehead atoms. The third-order valence-corrected chi connectivity index (χ3v) is 6.59. The van der Waals surface area contributed by atoms with Crippen LogP contribution in [0.4, 0.5) is 0 Å². The Labute approximate surface area is 179 Å². The molecule has 0 spiro atoms. The fraction of sp³-hybridized carbons (Fsp3) is 0.250. The number of benzene rings is 2. The number of halogens is 1. The lowest BCUT2D eigenvalue weighted by molar-refractivity contribution is 0.590. The first-order valence-electron chi connectivity index (χ1n) is 9.70. The molecule has 4 rings (SSSR count). The molecule has 0 aliphatic heterocycles. The van der Waals surface area contributed by atoms with Crippen LogP contribution in [-0.2, 0) is 11.8 Å². The van der Waals surface area contributed by atoms with Gasteiger partial charge in [0, 0.05) is 21.0 Å². The highest BCUT2D eigenvalue weighted by Gasteiger charge is 2.19. The summed E-state index contributed by atoms with van der Waals surface area (Å²) in [5, 5.41) is 1.33. The number of nitrogens with one attached hydrogen (secondary N) is 1. The van der Waals surface area contributed by atoms with Gasteiger partial charge in [-0.1, -0.05) is 63.6 Å².